The van der Waals surface area contributed by atoms with Crippen molar-refractivity contribution in [1.82, 2.24) is 4.90 Å². The van der Waals surface area contributed by atoms with Gasteiger partial charge in [0.1, 0.15) is 5.75 Å². The van der Waals surface area contributed by atoms with Gasteiger partial charge in [0.15, 0.2) is 0 Å². The first-order valence-electron chi connectivity index (χ1n) is 6.78. The summed E-state index contributed by atoms with van der Waals surface area (Å²) in [7, 11) is 1.89. The van der Waals surface area contributed by atoms with Crippen LogP contribution in [0.25, 0.3) is 0 Å². The number of hydrogen-bond acceptors (Lipinski definition) is 4. The van der Waals surface area contributed by atoms with Gasteiger partial charge >= 0.3 is 6.61 Å². The summed E-state index contributed by atoms with van der Waals surface area (Å²) in [6.45, 7) is 1.24. The second kappa shape index (κ2) is 7.68. The molecule has 0 saturated heterocycles. The molecular weight excluding hydrogens is 280 g/mol. The van der Waals surface area contributed by atoms with Gasteiger partial charge in [-0.05, 0) is 31.7 Å². The van der Waals surface area contributed by atoms with Crippen molar-refractivity contribution in [3.63, 3.8) is 0 Å². The van der Waals surface area contributed by atoms with E-state index in [1.807, 2.05) is 18.9 Å². The predicted octanol–water partition coefficient (Wildman–Crippen LogP) is 2.27. The van der Waals surface area contributed by atoms with Crippen LogP contribution in [0, 0.1) is 5.41 Å². The minimum atomic E-state index is -2.83. The molecule has 1 rings (SSSR count). The van der Waals surface area contributed by atoms with Gasteiger partial charge in [-0.1, -0.05) is 19.1 Å². The summed E-state index contributed by atoms with van der Waals surface area (Å²) < 4.78 is 28.5. The van der Waals surface area contributed by atoms with Crippen LogP contribution in [0.2, 0.25) is 0 Å². The number of aliphatic hydroxyl groups excluding tert-OH is 2. The van der Waals surface area contributed by atoms with Crippen molar-refractivity contribution in [3.8, 4) is 5.75 Å². The third-order valence-electron chi connectivity index (χ3n) is 3.64. The van der Waals surface area contributed by atoms with Crippen LogP contribution < -0.4 is 4.74 Å². The summed E-state index contributed by atoms with van der Waals surface area (Å²) in [6.07, 6.45) is 0. The molecule has 1 unspecified atom stereocenters. The highest BCUT2D eigenvalue weighted by Crippen LogP contribution is 2.25. The Kier molecular flexibility index (Phi) is 6.51. The standard InChI is InChI=1S/C15H23F2NO3/c1-11(18(3)8-15(2,9-19)10-20)12-4-6-13(7-5-12)21-14(16)17/h4-7,11,14,19-20H,8-10H2,1-3H3. The van der Waals surface area contributed by atoms with Gasteiger partial charge in [-0.25, -0.2) is 0 Å². The number of rotatable bonds is 8. The Bertz CT molecular complexity index is 421. The van der Waals surface area contributed by atoms with E-state index in [0.29, 0.717) is 6.54 Å². The van der Waals surface area contributed by atoms with Crippen molar-refractivity contribution < 1.29 is 23.7 Å². The summed E-state index contributed by atoms with van der Waals surface area (Å²) in [5.41, 5.74) is 0.360. The minimum absolute atomic E-state index is 0.0167. The van der Waals surface area contributed by atoms with Gasteiger partial charge in [0.2, 0.25) is 0 Å². The number of hydrogen-bond donors (Lipinski definition) is 2. The summed E-state index contributed by atoms with van der Waals surface area (Å²) in [6, 6.07) is 6.48. The Morgan fingerprint density at radius 2 is 1.71 bits per heavy atom. The Balaban J connectivity index is 2.71. The molecule has 0 aliphatic rings. The third kappa shape index (κ3) is 5.22. The number of ether oxygens (including phenoxy) is 1. The molecule has 120 valence electrons. The fraction of sp³-hybridized carbons (Fsp3) is 0.600. The zero-order chi connectivity index (χ0) is 16.0. The largest absolute Gasteiger partial charge is 0.435 e. The molecule has 0 amide bonds. The predicted molar refractivity (Wildman–Crippen MR) is 76.4 cm³/mol. The highest BCUT2D eigenvalue weighted by Gasteiger charge is 2.26. The summed E-state index contributed by atoms with van der Waals surface area (Å²) in [5, 5.41) is 18.7. The number of nitrogens with zero attached hydrogens (tertiary/aromatic N) is 1. The number of benzene rings is 1. The van der Waals surface area contributed by atoms with Crippen molar-refractivity contribution in [2.24, 2.45) is 5.41 Å². The number of halogens is 2. The fourth-order valence-electron chi connectivity index (χ4n) is 2.07. The molecule has 21 heavy (non-hydrogen) atoms. The van der Waals surface area contributed by atoms with E-state index in [-0.39, 0.29) is 25.0 Å². The van der Waals surface area contributed by atoms with Gasteiger partial charge in [0, 0.05) is 18.0 Å². The van der Waals surface area contributed by atoms with Gasteiger partial charge in [-0.3, -0.25) is 4.90 Å². The molecule has 0 fully saturated rings. The molecule has 4 nitrogen and oxygen atoms in total. The molecule has 0 aliphatic heterocycles. The lowest BCUT2D eigenvalue weighted by molar-refractivity contribution is -0.0498. The molecule has 0 saturated carbocycles. The average molecular weight is 303 g/mol. The van der Waals surface area contributed by atoms with E-state index < -0.39 is 12.0 Å². The second-order valence-electron chi connectivity index (χ2n) is 5.67. The summed E-state index contributed by atoms with van der Waals surface area (Å²) >= 11 is 0. The zero-order valence-electron chi connectivity index (χ0n) is 12.6. The van der Waals surface area contributed by atoms with Crippen LogP contribution in [0.1, 0.15) is 25.5 Å². The van der Waals surface area contributed by atoms with Crippen LogP contribution in [0.5, 0.6) is 5.75 Å². The number of alkyl halides is 2. The van der Waals surface area contributed by atoms with Gasteiger partial charge in [0.05, 0.1) is 13.2 Å². The molecule has 1 aromatic carbocycles. The molecule has 0 heterocycles. The first-order valence-corrected chi connectivity index (χ1v) is 6.78. The molecule has 1 aromatic rings. The molecule has 0 aliphatic carbocycles. The van der Waals surface area contributed by atoms with Gasteiger partial charge in [0.25, 0.3) is 0 Å². The lowest BCUT2D eigenvalue weighted by Gasteiger charge is -2.34. The van der Waals surface area contributed by atoms with Crippen molar-refractivity contribution >= 4 is 0 Å². The van der Waals surface area contributed by atoms with Crippen molar-refractivity contribution in [1.29, 1.82) is 0 Å². The van der Waals surface area contributed by atoms with E-state index in [9.17, 15) is 19.0 Å². The summed E-state index contributed by atoms with van der Waals surface area (Å²) in [4.78, 5) is 2.00. The Labute approximate surface area is 124 Å². The van der Waals surface area contributed by atoms with Crippen molar-refractivity contribution in [2.75, 3.05) is 26.8 Å². The van der Waals surface area contributed by atoms with Crippen LogP contribution in [0.3, 0.4) is 0 Å². The molecule has 0 spiro atoms. The van der Waals surface area contributed by atoms with E-state index in [1.54, 1.807) is 19.1 Å². The lowest BCUT2D eigenvalue weighted by atomic mass is 9.91. The van der Waals surface area contributed by atoms with E-state index in [4.69, 9.17) is 0 Å². The van der Waals surface area contributed by atoms with Crippen molar-refractivity contribution in [3.05, 3.63) is 29.8 Å². The third-order valence-corrected chi connectivity index (χ3v) is 3.64. The zero-order valence-corrected chi connectivity index (χ0v) is 12.6. The highest BCUT2D eigenvalue weighted by molar-refractivity contribution is 5.29. The maximum absolute atomic E-state index is 12.1. The number of aliphatic hydroxyl groups is 2. The van der Waals surface area contributed by atoms with E-state index in [1.165, 1.54) is 12.1 Å². The lowest BCUT2D eigenvalue weighted by Crippen LogP contribution is -2.40. The normalized spacial score (nSPS) is 13.8. The molecule has 2 N–H and O–H groups in total. The second-order valence-corrected chi connectivity index (χ2v) is 5.67. The van der Waals surface area contributed by atoms with Crippen molar-refractivity contribution in [2.45, 2.75) is 26.5 Å². The van der Waals surface area contributed by atoms with Crippen LogP contribution in [-0.4, -0.2) is 48.5 Å². The molecule has 0 aromatic heterocycles. The van der Waals surface area contributed by atoms with E-state index in [0.717, 1.165) is 5.56 Å². The molecule has 0 radical (unpaired) electrons. The maximum Gasteiger partial charge on any atom is 0.387 e. The van der Waals surface area contributed by atoms with Gasteiger partial charge in [-0.15, -0.1) is 0 Å². The molecule has 6 heteroatoms. The van der Waals surface area contributed by atoms with Crippen LogP contribution in [0.15, 0.2) is 24.3 Å². The Hall–Kier alpha value is -1.24. The first-order chi connectivity index (χ1) is 9.81. The average Bonchev–Trinajstić information content (AvgIpc) is 2.46. The van der Waals surface area contributed by atoms with Gasteiger partial charge in [-0.2, -0.15) is 8.78 Å². The Morgan fingerprint density at radius 3 is 2.14 bits per heavy atom. The fourth-order valence-corrected chi connectivity index (χ4v) is 2.07. The monoisotopic (exact) mass is 303 g/mol. The SMILES string of the molecule is CC(c1ccc(OC(F)F)cc1)N(C)CC(C)(CO)CO. The van der Waals surface area contributed by atoms with E-state index in [2.05, 4.69) is 4.74 Å². The molecule has 0 bridgehead atoms. The molecular formula is C15H23F2NO3. The van der Waals surface area contributed by atoms with E-state index >= 15 is 0 Å². The minimum Gasteiger partial charge on any atom is -0.435 e. The Morgan fingerprint density at radius 1 is 1.19 bits per heavy atom. The highest BCUT2D eigenvalue weighted by atomic mass is 19.3. The topological polar surface area (TPSA) is 52.9 Å². The summed E-state index contributed by atoms with van der Waals surface area (Å²) in [5.74, 6) is 0.124. The smallest absolute Gasteiger partial charge is 0.387 e. The quantitative estimate of drug-likeness (QED) is 0.773. The first kappa shape index (κ1) is 17.8. The van der Waals surface area contributed by atoms with Crippen LogP contribution >= 0.6 is 0 Å². The van der Waals surface area contributed by atoms with Crippen LogP contribution in [-0.2, 0) is 0 Å². The van der Waals surface area contributed by atoms with Crippen LogP contribution in [0.4, 0.5) is 8.78 Å². The molecule has 1 atom stereocenters. The maximum atomic E-state index is 12.1. The van der Waals surface area contributed by atoms with Gasteiger partial charge < -0.3 is 14.9 Å².